The summed E-state index contributed by atoms with van der Waals surface area (Å²) < 4.78 is 18.8. The molecule has 0 aromatic heterocycles. The number of carbonyl (C=O) groups excluding carboxylic acids is 2. The molecule has 1 N–H and O–H groups in total. The molecule has 4 aliphatic rings. The van der Waals surface area contributed by atoms with Crippen LogP contribution in [0.2, 0.25) is 18.1 Å². The molecule has 0 aromatic carbocycles. The Labute approximate surface area is 167 Å². The van der Waals surface area contributed by atoms with Crippen molar-refractivity contribution >= 4 is 20.1 Å². The number of hydrogen-bond acceptors (Lipinski definition) is 6. The highest BCUT2D eigenvalue weighted by Gasteiger charge is 2.84. The van der Waals surface area contributed by atoms with Gasteiger partial charge in [-0.15, -0.1) is 0 Å². The van der Waals surface area contributed by atoms with Gasteiger partial charge in [-0.3, -0.25) is 9.59 Å². The second kappa shape index (κ2) is 5.36. The van der Waals surface area contributed by atoms with Gasteiger partial charge in [0, 0.05) is 12.3 Å². The lowest BCUT2D eigenvalue weighted by Gasteiger charge is -2.53. The van der Waals surface area contributed by atoms with Crippen molar-refractivity contribution in [1.82, 2.24) is 0 Å². The second-order valence-corrected chi connectivity index (χ2v) is 15.7. The van der Waals surface area contributed by atoms with Gasteiger partial charge in [0.1, 0.15) is 17.8 Å². The van der Waals surface area contributed by atoms with Gasteiger partial charge in [-0.05, 0) is 50.6 Å². The zero-order valence-corrected chi connectivity index (χ0v) is 19.1. The summed E-state index contributed by atoms with van der Waals surface area (Å²) in [6.45, 7) is 16.1. The standard InChI is InChI=1S/C21H32O6Si/c1-11-9-13-16(26-28(7,8)18(2,3)4)20(17(24)25-13)14(22)10-12-15(23)21(11,20)27-19(12,5)6/h9,12-13,15-16,23H,10H2,1-8H3/t12-,13+,15-,16-,20-,21-/m1/s1. The van der Waals surface area contributed by atoms with Crippen molar-refractivity contribution in [3.8, 4) is 0 Å². The number of aliphatic hydroxyl groups excluding tert-OH is 1. The van der Waals surface area contributed by atoms with E-state index in [0.29, 0.717) is 5.57 Å². The highest BCUT2D eigenvalue weighted by atomic mass is 28.4. The van der Waals surface area contributed by atoms with Gasteiger partial charge >= 0.3 is 5.97 Å². The second-order valence-electron chi connectivity index (χ2n) is 10.9. The van der Waals surface area contributed by atoms with E-state index in [1.165, 1.54) is 0 Å². The number of Topliss-reactive ketones (excluding diaryl/α,β-unsaturated/α-hetero) is 1. The molecule has 6 atom stereocenters. The third-order valence-electron chi connectivity index (χ3n) is 8.06. The molecule has 2 spiro atoms. The minimum Gasteiger partial charge on any atom is -0.454 e. The number of ether oxygens (including phenoxy) is 2. The van der Waals surface area contributed by atoms with E-state index in [4.69, 9.17) is 13.9 Å². The quantitative estimate of drug-likeness (QED) is 0.327. The number of hydrogen-bond donors (Lipinski definition) is 1. The zero-order chi connectivity index (χ0) is 21.1. The first-order chi connectivity index (χ1) is 12.6. The summed E-state index contributed by atoms with van der Waals surface area (Å²) >= 11 is 0. The topological polar surface area (TPSA) is 82.1 Å². The Morgan fingerprint density at radius 3 is 2.43 bits per heavy atom. The largest absolute Gasteiger partial charge is 0.454 e. The molecule has 0 unspecified atom stereocenters. The molecule has 4 rings (SSSR count). The third kappa shape index (κ3) is 2.04. The lowest BCUT2D eigenvalue weighted by atomic mass is 9.52. The molecule has 2 aliphatic carbocycles. The molecule has 6 nitrogen and oxygen atoms in total. The van der Waals surface area contributed by atoms with Crippen LogP contribution in [0.3, 0.4) is 0 Å². The van der Waals surface area contributed by atoms with Crippen LogP contribution in [0.5, 0.6) is 0 Å². The van der Waals surface area contributed by atoms with Crippen LogP contribution in [0.4, 0.5) is 0 Å². The van der Waals surface area contributed by atoms with Crippen LogP contribution in [0, 0.1) is 11.3 Å². The summed E-state index contributed by atoms with van der Waals surface area (Å²) in [4.78, 5) is 26.9. The molecular weight excluding hydrogens is 376 g/mol. The summed E-state index contributed by atoms with van der Waals surface area (Å²) in [5.41, 5.74) is -3.11. The Kier molecular flexibility index (Phi) is 3.88. The number of ketones is 1. The van der Waals surface area contributed by atoms with Gasteiger partial charge in [0.25, 0.3) is 0 Å². The average molecular weight is 409 g/mol. The Hall–Kier alpha value is -1.02. The molecule has 0 amide bonds. The summed E-state index contributed by atoms with van der Waals surface area (Å²) in [5, 5.41) is 11.3. The van der Waals surface area contributed by atoms with Crippen molar-refractivity contribution in [2.45, 2.75) is 95.6 Å². The molecule has 0 aromatic rings. The van der Waals surface area contributed by atoms with Gasteiger partial charge in [0.05, 0.1) is 11.7 Å². The SMILES string of the molecule is CC1=C[C@@H]2OC(=O)[C@@]3(C(=O)C[C@@H]4[C@@H](O)[C@]13OC4(C)C)[C@@H]2O[Si](C)(C)C(C)(C)C. The first-order valence-corrected chi connectivity index (χ1v) is 13.0. The zero-order valence-electron chi connectivity index (χ0n) is 18.1. The fourth-order valence-electron chi connectivity index (χ4n) is 5.50. The van der Waals surface area contributed by atoms with Gasteiger partial charge in [-0.25, -0.2) is 0 Å². The highest BCUT2D eigenvalue weighted by molar-refractivity contribution is 6.74. The molecule has 3 fully saturated rings. The maximum Gasteiger partial charge on any atom is 0.326 e. The smallest absolute Gasteiger partial charge is 0.326 e. The van der Waals surface area contributed by atoms with Gasteiger partial charge in [0.2, 0.25) is 0 Å². The van der Waals surface area contributed by atoms with Crippen molar-refractivity contribution in [2.24, 2.45) is 11.3 Å². The van der Waals surface area contributed by atoms with Crippen LogP contribution in [0.15, 0.2) is 11.6 Å². The van der Waals surface area contributed by atoms with E-state index in [2.05, 4.69) is 33.9 Å². The lowest BCUT2D eigenvalue weighted by molar-refractivity contribution is -0.195. The van der Waals surface area contributed by atoms with Crippen molar-refractivity contribution < 1.29 is 28.6 Å². The number of esters is 1. The lowest BCUT2D eigenvalue weighted by Crippen LogP contribution is -2.72. The predicted molar refractivity (Wildman–Crippen MR) is 105 cm³/mol. The van der Waals surface area contributed by atoms with Crippen LogP contribution >= 0.6 is 0 Å². The van der Waals surface area contributed by atoms with Crippen molar-refractivity contribution in [1.29, 1.82) is 0 Å². The molecule has 2 heterocycles. The molecule has 156 valence electrons. The molecule has 28 heavy (non-hydrogen) atoms. The van der Waals surface area contributed by atoms with E-state index in [9.17, 15) is 14.7 Å². The summed E-state index contributed by atoms with van der Waals surface area (Å²) in [7, 11) is -2.34. The molecule has 7 heteroatoms. The van der Waals surface area contributed by atoms with Gasteiger partial charge < -0.3 is 19.0 Å². The highest BCUT2D eigenvalue weighted by Crippen LogP contribution is 2.66. The summed E-state index contributed by atoms with van der Waals surface area (Å²) in [6.07, 6.45) is -0.466. The van der Waals surface area contributed by atoms with Crippen LogP contribution in [-0.4, -0.2) is 54.7 Å². The first kappa shape index (κ1) is 20.3. The minimum absolute atomic E-state index is 0.0857. The van der Waals surface area contributed by atoms with E-state index < -0.39 is 49.2 Å². The van der Waals surface area contributed by atoms with E-state index in [1.54, 1.807) is 0 Å². The Morgan fingerprint density at radius 1 is 1.25 bits per heavy atom. The fourth-order valence-corrected chi connectivity index (χ4v) is 6.80. The number of carbonyl (C=O) groups is 2. The maximum atomic E-state index is 13.6. The number of rotatable bonds is 2. The number of aliphatic hydroxyl groups is 1. The van der Waals surface area contributed by atoms with Gasteiger partial charge in [0.15, 0.2) is 19.5 Å². The van der Waals surface area contributed by atoms with Crippen LogP contribution < -0.4 is 0 Å². The monoisotopic (exact) mass is 408 g/mol. The molecule has 2 aliphatic heterocycles. The average Bonchev–Trinajstić information content (AvgIpc) is 2.80. The van der Waals surface area contributed by atoms with E-state index in [1.807, 2.05) is 26.8 Å². The van der Waals surface area contributed by atoms with Crippen molar-refractivity contribution in [3.63, 3.8) is 0 Å². The summed E-state index contributed by atoms with van der Waals surface area (Å²) in [6, 6.07) is 0. The van der Waals surface area contributed by atoms with Crippen LogP contribution in [-0.2, 0) is 23.5 Å². The molecule has 4 bridgehead atoms. The van der Waals surface area contributed by atoms with Crippen LogP contribution in [0.25, 0.3) is 0 Å². The molecule has 1 saturated carbocycles. The Balaban J connectivity index is 1.94. The van der Waals surface area contributed by atoms with Crippen LogP contribution in [0.1, 0.15) is 48.0 Å². The predicted octanol–water partition coefficient (Wildman–Crippen LogP) is 2.75. The van der Waals surface area contributed by atoms with E-state index in [0.717, 1.165) is 0 Å². The van der Waals surface area contributed by atoms with Crippen molar-refractivity contribution in [2.75, 3.05) is 0 Å². The summed E-state index contributed by atoms with van der Waals surface area (Å²) in [5.74, 6) is -1.21. The van der Waals surface area contributed by atoms with Gasteiger partial charge in [-0.2, -0.15) is 0 Å². The Morgan fingerprint density at radius 2 is 1.86 bits per heavy atom. The maximum absolute atomic E-state index is 13.6. The molecule has 0 radical (unpaired) electrons. The molecular formula is C21H32O6Si. The minimum atomic E-state index is -2.34. The number of fused-ring (bicyclic) bond motifs is 2. The molecule has 2 saturated heterocycles. The van der Waals surface area contributed by atoms with Gasteiger partial charge in [-0.1, -0.05) is 20.8 Å². The van der Waals surface area contributed by atoms with E-state index >= 15 is 0 Å². The van der Waals surface area contributed by atoms with E-state index in [-0.39, 0.29) is 23.2 Å². The van der Waals surface area contributed by atoms with Crippen molar-refractivity contribution in [3.05, 3.63) is 11.6 Å². The third-order valence-corrected chi connectivity index (χ3v) is 12.5. The first-order valence-electron chi connectivity index (χ1n) is 10.1. The Bertz CT molecular complexity index is 793. The normalized spacial score (nSPS) is 44.2. The fraction of sp³-hybridized carbons (Fsp3) is 0.810.